The van der Waals surface area contributed by atoms with Crippen LogP contribution >= 0.6 is 0 Å². The van der Waals surface area contributed by atoms with Crippen LogP contribution in [0.3, 0.4) is 0 Å². The maximum atomic E-state index is 5.87. The van der Waals surface area contributed by atoms with Gasteiger partial charge in [0.1, 0.15) is 11.5 Å². The van der Waals surface area contributed by atoms with Crippen molar-refractivity contribution in [1.82, 2.24) is 0 Å². The zero-order chi connectivity index (χ0) is 15.0. The predicted octanol–water partition coefficient (Wildman–Crippen LogP) is 5.11. The van der Waals surface area contributed by atoms with E-state index in [1.54, 1.807) is 0 Å². The fraction of sp³-hybridized carbons (Fsp3) is 0.333. The lowest BCUT2D eigenvalue weighted by molar-refractivity contribution is -0.0431. The monoisotopic (exact) mass is 284 g/mol. The molecule has 3 nitrogen and oxygen atoms in total. The van der Waals surface area contributed by atoms with Crippen LogP contribution in [0.5, 0.6) is 23.0 Å². The summed E-state index contributed by atoms with van der Waals surface area (Å²) in [6.45, 7) is 8.13. The minimum absolute atomic E-state index is 0.520. The van der Waals surface area contributed by atoms with Crippen LogP contribution in [0, 0.1) is 0 Å². The van der Waals surface area contributed by atoms with Crippen LogP contribution in [-0.2, 0) is 0 Å². The van der Waals surface area contributed by atoms with Gasteiger partial charge in [-0.05, 0) is 35.7 Å². The van der Waals surface area contributed by atoms with Crippen LogP contribution in [0.1, 0.15) is 39.2 Å². The third-order valence-corrected chi connectivity index (χ3v) is 3.41. The van der Waals surface area contributed by atoms with Crippen LogP contribution in [0.4, 0.5) is 0 Å². The predicted molar refractivity (Wildman–Crippen MR) is 82.4 cm³/mol. The smallest absolute Gasteiger partial charge is 0.246 e. The molecule has 0 saturated carbocycles. The summed E-state index contributed by atoms with van der Waals surface area (Å²) < 4.78 is 17.3. The molecule has 0 saturated heterocycles. The summed E-state index contributed by atoms with van der Waals surface area (Å²) in [6.07, 6.45) is 0. The molecule has 0 amide bonds. The first kappa shape index (κ1) is 13.8. The highest BCUT2D eigenvalue weighted by molar-refractivity contribution is 5.49. The van der Waals surface area contributed by atoms with Gasteiger partial charge in [0.25, 0.3) is 0 Å². The molecule has 2 aromatic rings. The van der Waals surface area contributed by atoms with Gasteiger partial charge in [-0.3, -0.25) is 0 Å². The van der Waals surface area contributed by atoms with Crippen molar-refractivity contribution in [2.24, 2.45) is 0 Å². The molecule has 0 bridgehead atoms. The standard InChI is InChI=1S/C18H20O3/c1-12(2)13-5-7-14(8-6-13)19-15-9-10-16-17(11-15)21-18(3,4)20-16/h5-12H,1-4H3. The molecular weight excluding hydrogens is 264 g/mol. The van der Waals surface area contributed by atoms with Crippen molar-refractivity contribution in [3.8, 4) is 23.0 Å². The number of rotatable bonds is 3. The molecule has 1 heterocycles. The van der Waals surface area contributed by atoms with Crippen LogP contribution in [0.25, 0.3) is 0 Å². The van der Waals surface area contributed by atoms with Gasteiger partial charge in [-0.15, -0.1) is 0 Å². The Morgan fingerprint density at radius 3 is 2.14 bits per heavy atom. The minimum Gasteiger partial charge on any atom is -0.457 e. The van der Waals surface area contributed by atoms with Crippen molar-refractivity contribution in [2.75, 3.05) is 0 Å². The van der Waals surface area contributed by atoms with E-state index in [1.807, 2.05) is 44.2 Å². The summed E-state index contributed by atoms with van der Waals surface area (Å²) in [5, 5.41) is 0. The molecule has 0 atom stereocenters. The Morgan fingerprint density at radius 1 is 0.857 bits per heavy atom. The van der Waals surface area contributed by atoms with Crippen LogP contribution < -0.4 is 14.2 Å². The Labute approximate surface area is 125 Å². The number of ether oxygens (including phenoxy) is 3. The molecule has 3 heteroatoms. The number of fused-ring (bicyclic) bond motifs is 1. The average Bonchev–Trinajstić information content (AvgIpc) is 2.72. The van der Waals surface area contributed by atoms with Crippen molar-refractivity contribution in [3.05, 3.63) is 48.0 Å². The third-order valence-electron chi connectivity index (χ3n) is 3.41. The fourth-order valence-electron chi connectivity index (χ4n) is 2.32. The summed E-state index contributed by atoms with van der Waals surface area (Å²) in [7, 11) is 0. The number of hydrogen-bond acceptors (Lipinski definition) is 3. The lowest BCUT2D eigenvalue weighted by Crippen LogP contribution is -2.29. The Morgan fingerprint density at radius 2 is 1.48 bits per heavy atom. The minimum atomic E-state index is -0.611. The quantitative estimate of drug-likeness (QED) is 0.784. The molecule has 3 rings (SSSR count). The molecule has 1 aliphatic rings. The highest BCUT2D eigenvalue weighted by Crippen LogP contribution is 2.42. The molecule has 0 radical (unpaired) electrons. The van der Waals surface area contributed by atoms with Gasteiger partial charge in [0.15, 0.2) is 11.5 Å². The largest absolute Gasteiger partial charge is 0.457 e. The first-order chi connectivity index (χ1) is 9.93. The summed E-state index contributed by atoms with van der Waals surface area (Å²) in [6, 6.07) is 13.8. The molecule has 0 fully saturated rings. The topological polar surface area (TPSA) is 27.7 Å². The van der Waals surface area contributed by atoms with Crippen molar-refractivity contribution in [3.63, 3.8) is 0 Å². The van der Waals surface area contributed by atoms with E-state index in [9.17, 15) is 0 Å². The molecular formula is C18H20O3. The Hall–Kier alpha value is -2.16. The molecule has 0 N–H and O–H groups in total. The van der Waals surface area contributed by atoms with Crippen molar-refractivity contribution >= 4 is 0 Å². The van der Waals surface area contributed by atoms with E-state index in [0.29, 0.717) is 5.92 Å². The van der Waals surface area contributed by atoms with Crippen LogP contribution in [0.2, 0.25) is 0 Å². The lowest BCUT2D eigenvalue weighted by atomic mass is 10.0. The van der Waals surface area contributed by atoms with Gasteiger partial charge in [0.05, 0.1) is 0 Å². The van der Waals surface area contributed by atoms with E-state index in [2.05, 4.69) is 26.0 Å². The molecule has 110 valence electrons. The molecule has 0 aromatic heterocycles. The second kappa shape index (κ2) is 4.99. The first-order valence-corrected chi connectivity index (χ1v) is 7.23. The van der Waals surface area contributed by atoms with Gasteiger partial charge >= 0.3 is 0 Å². The van der Waals surface area contributed by atoms with E-state index < -0.39 is 5.79 Å². The highest BCUT2D eigenvalue weighted by atomic mass is 16.7. The van der Waals surface area contributed by atoms with Gasteiger partial charge in [0.2, 0.25) is 5.79 Å². The zero-order valence-electron chi connectivity index (χ0n) is 12.8. The SMILES string of the molecule is CC(C)c1ccc(Oc2ccc3c(c2)OC(C)(C)O3)cc1. The number of benzene rings is 2. The molecule has 0 aliphatic carbocycles. The summed E-state index contributed by atoms with van der Waals surface area (Å²) in [5.41, 5.74) is 1.30. The molecule has 2 aromatic carbocycles. The summed E-state index contributed by atoms with van der Waals surface area (Å²) in [4.78, 5) is 0. The second-order valence-corrected chi connectivity index (χ2v) is 6.04. The molecule has 1 aliphatic heterocycles. The fourth-order valence-corrected chi connectivity index (χ4v) is 2.32. The lowest BCUT2D eigenvalue weighted by Gasteiger charge is -2.16. The number of hydrogen-bond donors (Lipinski definition) is 0. The molecule has 21 heavy (non-hydrogen) atoms. The van der Waals surface area contributed by atoms with E-state index >= 15 is 0 Å². The van der Waals surface area contributed by atoms with E-state index in [4.69, 9.17) is 14.2 Å². The van der Waals surface area contributed by atoms with Gasteiger partial charge in [0, 0.05) is 19.9 Å². The van der Waals surface area contributed by atoms with E-state index in [0.717, 1.165) is 23.0 Å². The third kappa shape index (κ3) is 2.97. The first-order valence-electron chi connectivity index (χ1n) is 7.23. The molecule has 0 unspecified atom stereocenters. The van der Waals surface area contributed by atoms with Crippen LogP contribution in [0.15, 0.2) is 42.5 Å². The Balaban J connectivity index is 1.77. The Bertz CT molecular complexity index is 642. The van der Waals surface area contributed by atoms with Crippen LogP contribution in [-0.4, -0.2) is 5.79 Å². The summed E-state index contributed by atoms with van der Waals surface area (Å²) in [5.74, 6) is 2.94. The normalized spacial score (nSPS) is 15.3. The molecule has 0 spiro atoms. The van der Waals surface area contributed by atoms with Crippen molar-refractivity contribution in [1.29, 1.82) is 0 Å². The Kier molecular flexibility index (Phi) is 3.28. The van der Waals surface area contributed by atoms with Gasteiger partial charge in [-0.25, -0.2) is 0 Å². The maximum Gasteiger partial charge on any atom is 0.246 e. The van der Waals surface area contributed by atoms with Gasteiger partial charge < -0.3 is 14.2 Å². The summed E-state index contributed by atoms with van der Waals surface area (Å²) >= 11 is 0. The zero-order valence-corrected chi connectivity index (χ0v) is 12.8. The van der Waals surface area contributed by atoms with Crippen molar-refractivity contribution < 1.29 is 14.2 Å². The van der Waals surface area contributed by atoms with Crippen molar-refractivity contribution in [2.45, 2.75) is 39.4 Å². The second-order valence-electron chi connectivity index (χ2n) is 6.04. The average molecular weight is 284 g/mol. The maximum absolute atomic E-state index is 5.87. The van der Waals surface area contributed by atoms with E-state index in [1.165, 1.54) is 5.56 Å². The van der Waals surface area contributed by atoms with Gasteiger partial charge in [-0.2, -0.15) is 0 Å². The van der Waals surface area contributed by atoms with Gasteiger partial charge in [-0.1, -0.05) is 26.0 Å². The highest BCUT2D eigenvalue weighted by Gasteiger charge is 2.31. The van der Waals surface area contributed by atoms with E-state index in [-0.39, 0.29) is 0 Å².